The van der Waals surface area contributed by atoms with Crippen LogP contribution in [0.1, 0.15) is 16.7 Å². The van der Waals surface area contributed by atoms with E-state index >= 15 is 0 Å². The second-order valence-electron chi connectivity index (χ2n) is 8.59. The largest absolute Gasteiger partial charge is 0.493 e. The lowest BCUT2D eigenvalue weighted by atomic mass is 10.1. The zero-order chi connectivity index (χ0) is 29.4. The van der Waals surface area contributed by atoms with Gasteiger partial charge >= 0.3 is 0 Å². The number of nitrogens with one attached hydrogen (secondary N) is 1. The number of anilines is 1. The second kappa shape index (κ2) is 14.5. The van der Waals surface area contributed by atoms with Crippen LogP contribution < -0.4 is 19.5 Å². The first-order valence-corrected chi connectivity index (χ1v) is 14.3. The molecular weight excluding hydrogens is 698 g/mol. The van der Waals surface area contributed by atoms with Gasteiger partial charge in [0.25, 0.3) is 5.91 Å². The normalized spacial score (nSPS) is 11.0. The average Bonchev–Trinajstić information content (AvgIpc) is 2.96. The number of benzene rings is 4. The number of carbonyl (C=O) groups excluding carboxylic acids is 1. The van der Waals surface area contributed by atoms with Crippen LogP contribution in [0.15, 0.2) is 84.4 Å². The fourth-order valence-electron chi connectivity index (χ4n) is 3.68. The maximum Gasteiger partial charge on any atom is 0.266 e. The molecule has 0 aliphatic carbocycles. The molecule has 0 unspecified atom stereocenters. The molecule has 4 aromatic carbocycles. The highest BCUT2D eigenvalue weighted by atomic mass is 127. The third-order valence-corrected chi connectivity index (χ3v) is 7.54. The Balaban J connectivity index is 1.43. The molecule has 0 saturated heterocycles. The molecular formula is C31H22Cl3IN2O4. The summed E-state index contributed by atoms with van der Waals surface area (Å²) >= 11 is 20.5. The molecule has 1 N–H and O–H groups in total. The molecule has 10 heteroatoms. The number of amides is 1. The van der Waals surface area contributed by atoms with Crippen molar-refractivity contribution < 1.29 is 19.0 Å². The molecule has 1 amide bonds. The number of hydrogen-bond donors (Lipinski definition) is 1. The molecule has 4 rings (SSSR count). The number of ether oxygens (including phenoxy) is 3. The number of rotatable bonds is 10. The van der Waals surface area contributed by atoms with Gasteiger partial charge in [0.15, 0.2) is 11.5 Å². The third-order valence-electron chi connectivity index (χ3n) is 5.78. The molecule has 0 aromatic heterocycles. The van der Waals surface area contributed by atoms with Gasteiger partial charge in [-0.25, -0.2) is 0 Å². The lowest BCUT2D eigenvalue weighted by Gasteiger charge is -2.14. The smallest absolute Gasteiger partial charge is 0.266 e. The Morgan fingerprint density at radius 1 is 0.927 bits per heavy atom. The highest BCUT2D eigenvalue weighted by molar-refractivity contribution is 14.1. The summed E-state index contributed by atoms with van der Waals surface area (Å²) in [5.74, 6) is 1.01. The zero-order valence-corrected chi connectivity index (χ0v) is 26.0. The van der Waals surface area contributed by atoms with Gasteiger partial charge < -0.3 is 19.5 Å². The van der Waals surface area contributed by atoms with Gasteiger partial charge in [-0.15, -0.1) is 0 Å². The highest BCUT2D eigenvalue weighted by Crippen LogP contribution is 2.36. The molecule has 0 atom stereocenters. The minimum atomic E-state index is -0.552. The fourth-order valence-corrected chi connectivity index (χ4v) is 5.11. The maximum atomic E-state index is 12.9. The molecule has 4 aromatic rings. The van der Waals surface area contributed by atoms with Crippen molar-refractivity contribution in [1.82, 2.24) is 0 Å². The van der Waals surface area contributed by atoms with Gasteiger partial charge in [0.2, 0.25) is 0 Å². The molecule has 41 heavy (non-hydrogen) atoms. The van der Waals surface area contributed by atoms with Crippen LogP contribution in [0.5, 0.6) is 17.2 Å². The summed E-state index contributed by atoms with van der Waals surface area (Å²) in [7, 11) is 1.51. The predicted molar refractivity (Wildman–Crippen MR) is 171 cm³/mol. The van der Waals surface area contributed by atoms with Crippen LogP contribution in [0.25, 0.3) is 6.08 Å². The van der Waals surface area contributed by atoms with Gasteiger partial charge in [0.1, 0.15) is 30.6 Å². The Kier molecular flexibility index (Phi) is 10.8. The van der Waals surface area contributed by atoms with E-state index in [2.05, 4.69) is 27.9 Å². The topological polar surface area (TPSA) is 80.6 Å². The highest BCUT2D eigenvalue weighted by Gasteiger charge is 2.15. The summed E-state index contributed by atoms with van der Waals surface area (Å²) < 4.78 is 18.0. The first-order chi connectivity index (χ1) is 19.8. The molecule has 0 heterocycles. The minimum Gasteiger partial charge on any atom is -0.493 e. The van der Waals surface area contributed by atoms with E-state index in [1.165, 1.54) is 13.2 Å². The summed E-state index contributed by atoms with van der Waals surface area (Å²) in [6.07, 6.45) is 1.49. The van der Waals surface area contributed by atoms with Crippen LogP contribution >= 0.6 is 57.4 Å². The van der Waals surface area contributed by atoms with Crippen LogP contribution in [0.4, 0.5) is 5.69 Å². The molecule has 0 saturated carbocycles. The van der Waals surface area contributed by atoms with Crippen molar-refractivity contribution in [3.63, 3.8) is 0 Å². The number of nitrogens with zero attached hydrogens (tertiary/aromatic N) is 1. The maximum absolute atomic E-state index is 12.9. The van der Waals surface area contributed by atoms with E-state index in [-0.39, 0.29) is 12.2 Å². The van der Waals surface area contributed by atoms with Gasteiger partial charge in [-0.05, 0) is 88.8 Å². The molecule has 0 fully saturated rings. The van der Waals surface area contributed by atoms with E-state index in [9.17, 15) is 10.1 Å². The van der Waals surface area contributed by atoms with Crippen LogP contribution in [0.3, 0.4) is 0 Å². The Morgan fingerprint density at radius 2 is 1.63 bits per heavy atom. The Hall–Kier alpha value is -3.42. The zero-order valence-electron chi connectivity index (χ0n) is 21.6. The summed E-state index contributed by atoms with van der Waals surface area (Å²) in [5.41, 5.74) is 2.66. The average molecular weight is 720 g/mol. The van der Waals surface area contributed by atoms with Gasteiger partial charge in [-0.1, -0.05) is 59.1 Å². The summed E-state index contributed by atoms with van der Waals surface area (Å²) in [6, 6.07) is 24.9. The lowest BCUT2D eigenvalue weighted by Crippen LogP contribution is -2.13. The van der Waals surface area contributed by atoms with Crippen LogP contribution in [-0.2, 0) is 18.0 Å². The van der Waals surface area contributed by atoms with Gasteiger partial charge in [0.05, 0.1) is 10.7 Å². The SMILES string of the molecule is COc1cc(/C=C(\C#N)C(=O)Nc2ccc(OCc3ccccc3Cl)cc2)cc(I)c1OCc1ccc(Cl)cc1Cl. The molecule has 208 valence electrons. The Bertz CT molecular complexity index is 1640. The van der Waals surface area contributed by atoms with Crippen LogP contribution in [0.2, 0.25) is 15.1 Å². The van der Waals surface area contributed by atoms with E-state index in [1.807, 2.05) is 24.3 Å². The molecule has 0 spiro atoms. The molecule has 0 aliphatic heterocycles. The minimum absolute atomic E-state index is 0.0801. The Labute approximate surface area is 266 Å². The number of nitriles is 1. The van der Waals surface area contributed by atoms with E-state index in [0.717, 1.165) is 14.7 Å². The van der Waals surface area contributed by atoms with Crippen LogP contribution in [-0.4, -0.2) is 13.0 Å². The predicted octanol–water partition coefficient (Wildman–Crippen LogP) is 8.96. The number of hydrogen-bond acceptors (Lipinski definition) is 5. The first kappa shape index (κ1) is 30.5. The molecule has 6 nitrogen and oxygen atoms in total. The van der Waals surface area contributed by atoms with Crippen molar-refractivity contribution >= 4 is 75.1 Å². The van der Waals surface area contributed by atoms with Crippen molar-refractivity contribution in [2.45, 2.75) is 13.2 Å². The summed E-state index contributed by atoms with van der Waals surface area (Å²) in [6.45, 7) is 0.515. The van der Waals surface area contributed by atoms with E-state index in [0.29, 0.717) is 50.2 Å². The standard InChI is InChI=1S/C31H22Cl3IN2O4/c1-39-29-14-19(13-28(35)30(29)41-18-21-6-7-23(32)15-27(21)34)12-22(16-36)31(38)37-24-8-10-25(11-9-24)40-17-20-4-2-3-5-26(20)33/h2-15H,17-18H2,1H3,(H,37,38)/b22-12+. The monoisotopic (exact) mass is 718 g/mol. The number of halogens is 4. The van der Waals surface area contributed by atoms with Gasteiger partial charge in [-0.2, -0.15) is 5.26 Å². The molecule has 0 bridgehead atoms. The van der Waals surface area contributed by atoms with Crippen molar-refractivity contribution in [3.8, 4) is 23.3 Å². The molecule has 0 radical (unpaired) electrons. The first-order valence-electron chi connectivity index (χ1n) is 12.1. The van der Waals surface area contributed by atoms with Crippen molar-refractivity contribution in [2.24, 2.45) is 0 Å². The number of methoxy groups -OCH3 is 1. The second-order valence-corrected chi connectivity index (χ2v) is 11.0. The lowest BCUT2D eigenvalue weighted by molar-refractivity contribution is -0.112. The van der Waals surface area contributed by atoms with Crippen molar-refractivity contribution in [1.29, 1.82) is 5.26 Å². The summed E-state index contributed by atoms with van der Waals surface area (Å²) in [4.78, 5) is 12.9. The van der Waals surface area contributed by atoms with Crippen molar-refractivity contribution in [3.05, 3.63) is 120 Å². The van der Waals surface area contributed by atoms with E-state index in [4.69, 9.17) is 49.0 Å². The van der Waals surface area contributed by atoms with Gasteiger partial charge in [0, 0.05) is 31.9 Å². The van der Waals surface area contributed by atoms with E-state index in [1.54, 1.807) is 60.7 Å². The van der Waals surface area contributed by atoms with Crippen LogP contribution in [0, 0.1) is 14.9 Å². The Morgan fingerprint density at radius 3 is 2.32 bits per heavy atom. The third kappa shape index (κ3) is 8.30. The van der Waals surface area contributed by atoms with Gasteiger partial charge in [-0.3, -0.25) is 4.79 Å². The fraction of sp³-hybridized carbons (Fsp3) is 0.0968. The molecule has 0 aliphatic rings. The van der Waals surface area contributed by atoms with Crippen molar-refractivity contribution in [2.75, 3.05) is 12.4 Å². The summed E-state index contributed by atoms with van der Waals surface area (Å²) in [5, 5.41) is 14.1. The van der Waals surface area contributed by atoms with E-state index < -0.39 is 5.91 Å². The quantitative estimate of drug-likeness (QED) is 0.101. The number of carbonyl (C=O) groups is 1.